The second-order valence-corrected chi connectivity index (χ2v) is 6.28. The minimum Gasteiger partial charge on any atom is -0.495 e. The average Bonchev–Trinajstić information content (AvgIpc) is 2.74. The monoisotopic (exact) mass is 391 g/mol. The minimum atomic E-state index is 0.372. The molecule has 28 heavy (non-hydrogen) atoms. The highest BCUT2D eigenvalue weighted by molar-refractivity contribution is 7.80. The molecule has 0 spiro atoms. The van der Waals surface area contributed by atoms with Crippen molar-refractivity contribution in [3.8, 4) is 11.5 Å². The first-order chi connectivity index (χ1) is 13.7. The Morgan fingerprint density at radius 1 is 1.00 bits per heavy atom. The zero-order chi connectivity index (χ0) is 19.6. The molecule has 6 heteroatoms. The Bertz CT molecular complexity index is 945. The molecule has 0 aliphatic heterocycles. The number of ether oxygens (including phenoxy) is 2. The molecule has 0 atom stereocenters. The van der Waals surface area contributed by atoms with E-state index in [-0.39, 0.29) is 0 Å². The zero-order valence-corrected chi connectivity index (χ0v) is 16.3. The molecule has 0 aromatic heterocycles. The molecule has 0 radical (unpaired) electrons. The summed E-state index contributed by atoms with van der Waals surface area (Å²) >= 11 is 5.26. The van der Waals surface area contributed by atoms with E-state index in [9.17, 15) is 0 Å². The first kappa shape index (κ1) is 19.4. The molecule has 0 amide bonds. The van der Waals surface area contributed by atoms with Crippen molar-refractivity contribution < 1.29 is 9.47 Å². The lowest BCUT2D eigenvalue weighted by molar-refractivity contribution is 0.306. The summed E-state index contributed by atoms with van der Waals surface area (Å²) in [6.07, 6.45) is 1.69. The van der Waals surface area contributed by atoms with Crippen LogP contribution in [0.4, 0.5) is 5.69 Å². The number of hydrazone groups is 1. The Morgan fingerprint density at radius 3 is 2.61 bits per heavy atom. The summed E-state index contributed by atoms with van der Waals surface area (Å²) in [5.41, 5.74) is 5.60. The molecular weight excluding hydrogens is 370 g/mol. The van der Waals surface area contributed by atoms with Crippen LogP contribution < -0.4 is 20.2 Å². The van der Waals surface area contributed by atoms with Crippen LogP contribution in [0.5, 0.6) is 11.5 Å². The molecule has 3 aromatic rings. The maximum atomic E-state index is 5.83. The van der Waals surface area contributed by atoms with Crippen LogP contribution in [0, 0.1) is 0 Å². The van der Waals surface area contributed by atoms with E-state index in [1.165, 1.54) is 0 Å². The van der Waals surface area contributed by atoms with Gasteiger partial charge in [0.15, 0.2) is 5.11 Å². The second kappa shape index (κ2) is 10.1. The van der Waals surface area contributed by atoms with Crippen molar-refractivity contribution in [3.05, 3.63) is 90.0 Å². The number of hydrogen-bond acceptors (Lipinski definition) is 4. The van der Waals surface area contributed by atoms with E-state index in [4.69, 9.17) is 21.7 Å². The van der Waals surface area contributed by atoms with Crippen LogP contribution in [0.2, 0.25) is 0 Å². The highest BCUT2D eigenvalue weighted by Gasteiger charge is 2.02. The summed E-state index contributed by atoms with van der Waals surface area (Å²) in [5.74, 6) is 1.49. The first-order valence-electron chi connectivity index (χ1n) is 8.74. The van der Waals surface area contributed by atoms with Gasteiger partial charge in [0.1, 0.15) is 18.1 Å². The molecule has 0 aliphatic carbocycles. The third-order valence-corrected chi connectivity index (χ3v) is 4.03. The van der Waals surface area contributed by atoms with Gasteiger partial charge in [-0.2, -0.15) is 5.10 Å². The van der Waals surface area contributed by atoms with Crippen molar-refractivity contribution in [1.82, 2.24) is 5.43 Å². The Morgan fingerprint density at radius 2 is 1.79 bits per heavy atom. The number of benzene rings is 3. The zero-order valence-electron chi connectivity index (χ0n) is 15.5. The molecule has 0 saturated carbocycles. The van der Waals surface area contributed by atoms with E-state index in [0.717, 1.165) is 22.6 Å². The SMILES string of the molecule is COc1ccccc1NC(=S)N/N=C/c1cccc(OCc2ccccc2)c1. The van der Waals surface area contributed by atoms with E-state index in [2.05, 4.69) is 15.8 Å². The summed E-state index contributed by atoms with van der Waals surface area (Å²) in [5, 5.41) is 7.60. The molecule has 2 N–H and O–H groups in total. The molecule has 142 valence electrons. The molecule has 0 heterocycles. The summed E-state index contributed by atoms with van der Waals surface area (Å²) in [6, 6.07) is 25.3. The van der Waals surface area contributed by atoms with Crippen molar-refractivity contribution in [3.63, 3.8) is 0 Å². The van der Waals surface area contributed by atoms with Gasteiger partial charge in [-0.1, -0.05) is 54.6 Å². The lowest BCUT2D eigenvalue weighted by Gasteiger charge is -2.10. The van der Waals surface area contributed by atoms with Gasteiger partial charge < -0.3 is 14.8 Å². The predicted octanol–water partition coefficient (Wildman–Crippen LogP) is 4.59. The highest BCUT2D eigenvalue weighted by atomic mass is 32.1. The molecule has 5 nitrogen and oxygen atoms in total. The molecule has 0 fully saturated rings. The lowest BCUT2D eigenvalue weighted by atomic mass is 10.2. The number of para-hydroxylation sites is 2. The second-order valence-electron chi connectivity index (χ2n) is 5.87. The highest BCUT2D eigenvalue weighted by Crippen LogP contribution is 2.22. The maximum Gasteiger partial charge on any atom is 0.191 e. The van der Waals surface area contributed by atoms with E-state index >= 15 is 0 Å². The Labute approximate surface area is 170 Å². The van der Waals surface area contributed by atoms with Gasteiger partial charge in [0, 0.05) is 0 Å². The molecule has 0 bridgehead atoms. The standard InChI is InChI=1S/C22H21N3O2S/c1-26-21-13-6-5-12-20(21)24-22(28)25-23-15-18-10-7-11-19(14-18)27-16-17-8-3-2-4-9-17/h2-15H,16H2,1H3,(H2,24,25,28)/b23-15+. The fourth-order valence-corrected chi connectivity index (χ4v) is 2.65. The Kier molecular flexibility index (Phi) is 6.98. The number of rotatable bonds is 7. The van der Waals surface area contributed by atoms with Crippen LogP contribution >= 0.6 is 12.2 Å². The van der Waals surface area contributed by atoms with Gasteiger partial charge in [-0.3, -0.25) is 5.43 Å². The minimum absolute atomic E-state index is 0.372. The van der Waals surface area contributed by atoms with E-state index in [0.29, 0.717) is 17.5 Å². The molecule has 0 unspecified atom stereocenters. The van der Waals surface area contributed by atoms with Crippen LogP contribution in [0.3, 0.4) is 0 Å². The summed E-state index contributed by atoms with van der Waals surface area (Å²) in [7, 11) is 1.61. The third kappa shape index (κ3) is 5.82. The summed E-state index contributed by atoms with van der Waals surface area (Å²) < 4.78 is 11.1. The lowest BCUT2D eigenvalue weighted by Crippen LogP contribution is -2.24. The van der Waals surface area contributed by atoms with Crippen LogP contribution in [-0.4, -0.2) is 18.4 Å². The van der Waals surface area contributed by atoms with E-state index in [1.807, 2.05) is 78.9 Å². The van der Waals surface area contributed by atoms with Crippen molar-refractivity contribution in [2.75, 3.05) is 12.4 Å². The maximum absolute atomic E-state index is 5.83. The number of anilines is 1. The molecule has 0 saturated heterocycles. The van der Waals surface area contributed by atoms with Crippen LogP contribution in [-0.2, 0) is 6.61 Å². The number of methoxy groups -OCH3 is 1. The van der Waals surface area contributed by atoms with Crippen LogP contribution in [0.25, 0.3) is 0 Å². The van der Waals surface area contributed by atoms with Gasteiger partial charge in [-0.25, -0.2) is 0 Å². The number of hydrogen-bond donors (Lipinski definition) is 2. The number of thiocarbonyl (C=S) groups is 1. The van der Waals surface area contributed by atoms with Crippen LogP contribution in [0.15, 0.2) is 84.0 Å². The average molecular weight is 391 g/mol. The molecule has 3 aromatic carbocycles. The van der Waals surface area contributed by atoms with Gasteiger partial charge in [0.25, 0.3) is 0 Å². The van der Waals surface area contributed by atoms with E-state index in [1.54, 1.807) is 13.3 Å². The van der Waals surface area contributed by atoms with Gasteiger partial charge in [-0.05, 0) is 47.6 Å². The van der Waals surface area contributed by atoms with Gasteiger partial charge in [0.2, 0.25) is 0 Å². The number of nitrogens with one attached hydrogen (secondary N) is 2. The van der Waals surface area contributed by atoms with E-state index < -0.39 is 0 Å². The Hall–Kier alpha value is -3.38. The summed E-state index contributed by atoms with van der Waals surface area (Å²) in [6.45, 7) is 0.520. The number of nitrogens with zero attached hydrogens (tertiary/aromatic N) is 1. The van der Waals surface area contributed by atoms with Crippen molar-refractivity contribution in [1.29, 1.82) is 0 Å². The smallest absolute Gasteiger partial charge is 0.191 e. The normalized spacial score (nSPS) is 10.5. The van der Waals surface area contributed by atoms with Gasteiger partial charge in [-0.15, -0.1) is 0 Å². The summed E-state index contributed by atoms with van der Waals surface area (Å²) in [4.78, 5) is 0. The van der Waals surface area contributed by atoms with Crippen molar-refractivity contribution in [2.24, 2.45) is 5.10 Å². The van der Waals surface area contributed by atoms with Crippen molar-refractivity contribution >= 4 is 29.2 Å². The van der Waals surface area contributed by atoms with Crippen molar-refractivity contribution in [2.45, 2.75) is 6.61 Å². The van der Waals surface area contributed by atoms with Crippen LogP contribution in [0.1, 0.15) is 11.1 Å². The fraction of sp³-hybridized carbons (Fsp3) is 0.0909. The predicted molar refractivity (Wildman–Crippen MR) is 117 cm³/mol. The fourth-order valence-electron chi connectivity index (χ4n) is 2.49. The largest absolute Gasteiger partial charge is 0.495 e. The molecular formula is C22H21N3O2S. The molecule has 3 rings (SSSR count). The molecule has 0 aliphatic rings. The first-order valence-corrected chi connectivity index (χ1v) is 9.15. The quantitative estimate of drug-likeness (QED) is 0.350. The topological polar surface area (TPSA) is 54.9 Å². The van der Waals surface area contributed by atoms with Gasteiger partial charge in [0.05, 0.1) is 19.0 Å². The van der Waals surface area contributed by atoms with Gasteiger partial charge >= 0.3 is 0 Å². The third-order valence-electron chi connectivity index (χ3n) is 3.84. The Balaban J connectivity index is 1.53.